The fourth-order valence-electron chi connectivity index (χ4n) is 7.77. The largest absolute Gasteiger partial charge is 0.487 e. The van der Waals surface area contributed by atoms with Gasteiger partial charge in [0.05, 0.1) is 24.6 Å². The van der Waals surface area contributed by atoms with Crippen LogP contribution in [0.3, 0.4) is 0 Å². The van der Waals surface area contributed by atoms with Crippen molar-refractivity contribution in [1.29, 1.82) is 0 Å². The zero-order chi connectivity index (χ0) is 37.9. The maximum Gasteiger partial charge on any atom is 0.487 e. The van der Waals surface area contributed by atoms with E-state index in [1.165, 1.54) is 21.9 Å². The zero-order valence-corrected chi connectivity index (χ0v) is 31.4. The van der Waals surface area contributed by atoms with Gasteiger partial charge in [-0.1, -0.05) is 158 Å². The van der Waals surface area contributed by atoms with E-state index in [9.17, 15) is 4.79 Å². The van der Waals surface area contributed by atoms with Crippen molar-refractivity contribution in [3.8, 4) is 0 Å². The van der Waals surface area contributed by atoms with Gasteiger partial charge in [-0.15, -0.1) is 0 Å². The molecule has 6 aromatic carbocycles. The Bertz CT molecular complexity index is 2030. The molecule has 274 valence electrons. The van der Waals surface area contributed by atoms with Crippen LogP contribution in [0.25, 0.3) is 0 Å². The Morgan fingerprint density at radius 3 is 1.22 bits per heavy atom. The molecule has 0 N–H and O–H groups in total. The third-order valence-electron chi connectivity index (χ3n) is 10.3. The lowest BCUT2D eigenvalue weighted by atomic mass is 9.13. The number of rotatable bonds is 8. The fourth-order valence-corrected chi connectivity index (χ4v) is 7.77. The molecule has 0 saturated carbocycles. The third-order valence-corrected chi connectivity index (χ3v) is 10.3. The molecule has 1 fully saturated rings. The number of aryl methyl sites for hydroxylation is 2. The van der Waals surface area contributed by atoms with Gasteiger partial charge in [-0.05, 0) is 24.3 Å². The number of nitrogens with zero attached hydrogens (tertiary/aromatic N) is 3. The van der Waals surface area contributed by atoms with E-state index in [-0.39, 0.29) is 0 Å². The molecule has 1 aliphatic rings. The Balaban J connectivity index is 0.000000172. The van der Waals surface area contributed by atoms with E-state index in [1.807, 2.05) is 86.6 Å². The number of carbonyl (C=O) groups is 1. The lowest BCUT2D eigenvalue weighted by Gasteiger charge is -2.44. The van der Waals surface area contributed by atoms with Crippen LogP contribution in [0.5, 0.6) is 0 Å². The van der Waals surface area contributed by atoms with Crippen LogP contribution in [-0.2, 0) is 4.74 Å². The number of benzene rings is 6. The van der Waals surface area contributed by atoms with E-state index >= 15 is 0 Å². The van der Waals surface area contributed by atoms with Crippen molar-refractivity contribution < 1.29 is 19.1 Å². The Kier molecular flexibility index (Phi) is 11.8. The van der Waals surface area contributed by atoms with E-state index in [0.717, 1.165) is 54.8 Å². The summed E-state index contributed by atoms with van der Waals surface area (Å²) >= 11 is 0. The maximum absolute atomic E-state index is 13.3. The summed E-state index contributed by atoms with van der Waals surface area (Å²) in [4.78, 5) is 23.0. The van der Waals surface area contributed by atoms with Crippen molar-refractivity contribution in [1.82, 2.24) is 0 Å². The van der Waals surface area contributed by atoms with Crippen molar-refractivity contribution in [2.45, 2.75) is 13.8 Å². The van der Waals surface area contributed by atoms with Crippen LogP contribution in [0.2, 0.25) is 0 Å². The number of aromatic nitrogens is 1. The van der Waals surface area contributed by atoms with Gasteiger partial charge in [0, 0.05) is 49.5 Å². The summed E-state index contributed by atoms with van der Waals surface area (Å²) in [5.74, 6) is 0. The fraction of sp³-hybridized carbons (Fsp3) is 0.125. The number of anilines is 3. The summed E-state index contributed by atoms with van der Waals surface area (Å²) in [6.45, 7) is 7.06. The average Bonchev–Trinajstić information content (AvgIpc) is 3.25. The van der Waals surface area contributed by atoms with Gasteiger partial charge in [0.2, 0.25) is 11.4 Å². The highest BCUT2D eigenvalue weighted by Crippen LogP contribution is 2.25. The molecule has 2 heterocycles. The minimum absolute atomic E-state index is 0.470. The second kappa shape index (κ2) is 17.6. The molecule has 0 bridgehead atoms. The number of amides is 1. The zero-order valence-electron chi connectivity index (χ0n) is 31.4. The molecule has 0 atom stereocenters. The number of ether oxygens (including phenoxy) is 1. The Morgan fingerprint density at radius 1 is 0.545 bits per heavy atom. The Labute approximate surface area is 324 Å². The molecule has 55 heavy (non-hydrogen) atoms. The average molecular weight is 724 g/mol. The first kappa shape index (κ1) is 36.9. The summed E-state index contributed by atoms with van der Waals surface area (Å²) in [5, 5.41) is 0. The number of para-hydroxylation sites is 2. The van der Waals surface area contributed by atoms with Gasteiger partial charge in [-0.3, -0.25) is 0 Å². The molecule has 8 rings (SSSR count). The summed E-state index contributed by atoms with van der Waals surface area (Å²) in [5.41, 5.74) is 9.67. The van der Waals surface area contributed by atoms with Crippen molar-refractivity contribution >= 4 is 51.2 Å². The molecule has 1 aromatic heterocycles. The van der Waals surface area contributed by atoms with E-state index < -0.39 is 12.2 Å². The van der Waals surface area contributed by atoms with Gasteiger partial charge in [-0.25, -0.2) is 9.69 Å². The van der Waals surface area contributed by atoms with E-state index in [2.05, 4.69) is 126 Å². The first-order valence-corrected chi connectivity index (χ1v) is 18.9. The monoisotopic (exact) mass is 723 g/mol. The normalized spacial score (nSPS) is 12.6. The summed E-state index contributed by atoms with van der Waals surface area (Å²) in [6, 6.07) is 66.6. The second-order valence-electron chi connectivity index (χ2n) is 13.8. The molecule has 1 aliphatic heterocycles. The van der Waals surface area contributed by atoms with Gasteiger partial charge in [0.25, 0.3) is 0 Å². The van der Waals surface area contributed by atoms with Crippen LogP contribution < -0.4 is 41.2 Å². The second-order valence-corrected chi connectivity index (χ2v) is 13.8. The lowest BCUT2D eigenvalue weighted by molar-refractivity contribution is -0.876. The van der Waals surface area contributed by atoms with E-state index in [1.54, 1.807) is 9.63 Å². The van der Waals surface area contributed by atoms with E-state index in [0.29, 0.717) is 0 Å². The number of morpholine rings is 1. The molecule has 1 saturated heterocycles. The van der Waals surface area contributed by atoms with Crippen molar-refractivity contribution in [3.63, 3.8) is 0 Å². The van der Waals surface area contributed by atoms with Gasteiger partial charge in [0.1, 0.15) is 6.15 Å². The topological polar surface area (TPSA) is 45.9 Å². The quantitative estimate of drug-likeness (QED) is 0.127. The minimum atomic E-state index is -1.22. The lowest BCUT2D eigenvalue weighted by Crippen LogP contribution is -2.74. The molecule has 1 amide bonds. The maximum atomic E-state index is 13.3. The SMILES string of the molecule is Cc1cc(N2CCOCC2)cc(C)[n+]1OC(=O)N(c1ccccc1)c1ccccc1.c1ccc([B-](c2ccccc2)(c2ccccc2)c2ccccc2)cc1. The minimum Gasteiger partial charge on any atom is -0.378 e. The van der Waals surface area contributed by atoms with Crippen LogP contribution in [-0.4, -0.2) is 38.5 Å². The molecular weight excluding hydrogens is 677 g/mol. The smallest absolute Gasteiger partial charge is 0.378 e. The highest BCUT2D eigenvalue weighted by molar-refractivity contribution is 7.19. The molecule has 0 radical (unpaired) electrons. The predicted molar refractivity (Wildman–Crippen MR) is 226 cm³/mol. The molecule has 6 nitrogen and oxygen atoms in total. The number of pyridine rings is 1. The first-order valence-electron chi connectivity index (χ1n) is 18.9. The van der Waals surface area contributed by atoms with Crippen LogP contribution in [0.15, 0.2) is 194 Å². The Hall–Kier alpha value is -6.44. The Morgan fingerprint density at radius 2 is 0.873 bits per heavy atom. The number of carbonyl (C=O) groups excluding carboxylic acids is 1. The molecule has 7 heteroatoms. The number of hydrogen-bond acceptors (Lipinski definition) is 4. The van der Waals surface area contributed by atoms with Crippen LogP contribution >= 0.6 is 0 Å². The first-order chi connectivity index (χ1) is 27.1. The van der Waals surface area contributed by atoms with Crippen LogP contribution in [0.4, 0.5) is 21.9 Å². The van der Waals surface area contributed by atoms with Gasteiger partial charge in [-0.2, -0.15) is 26.7 Å². The van der Waals surface area contributed by atoms with Gasteiger partial charge < -0.3 is 9.64 Å². The van der Waals surface area contributed by atoms with E-state index in [4.69, 9.17) is 9.57 Å². The molecule has 7 aromatic rings. The van der Waals surface area contributed by atoms with Crippen LogP contribution in [0, 0.1) is 13.8 Å². The highest BCUT2D eigenvalue weighted by atomic mass is 16.7. The number of hydrogen-bond donors (Lipinski definition) is 0. The third kappa shape index (κ3) is 8.23. The van der Waals surface area contributed by atoms with Gasteiger partial charge in [0.15, 0.2) is 0 Å². The standard InChI is InChI=1S/C24H20B.C24H26N3O3/c1-5-13-21(14-6-1)25(22-15-7-2-8-16-22,23-17-9-3-10-18-23)24-19-11-4-12-20-24;1-19-17-23(25-13-15-29-16-14-25)18-20(2)27(19)30-24(28)26(21-9-5-3-6-10-21)22-11-7-4-8-12-22/h1-20H;3-12,17-18H,13-16H2,1-2H3/q-1;+1. The van der Waals surface area contributed by atoms with Crippen molar-refractivity contribution in [3.05, 3.63) is 206 Å². The molecule has 0 unspecified atom stereocenters. The summed E-state index contributed by atoms with van der Waals surface area (Å²) < 4.78 is 7.04. The highest BCUT2D eigenvalue weighted by Gasteiger charge is 2.31. The van der Waals surface area contributed by atoms with Crippen molar-refractivity contribution in [2.75, 3.05) is 36.1 Å². The summed E-state index contributed by atoms with van der Waals surface area (Å²) in [7, 11) is 0. The van der Waals surface area contributed by atoms with Crippen LogP contribution in [0.1, 0.15) is 11.4 Å². The van der Waals surface area contributed by atoms with Crippen molar-refractivity contribution in [2.24, 2.45) is 0 Å². The molecule has 0 spiro atoms. The molecule has 0 aliphatic carbocycles. The summed E-state index contributed by atoms with van der Waals surface area (Å²) in [6.07, 6.45) is -1.69. The molecular formula is C48H46BN3O3. The van der Waals surface area contributed by atoms with Gasteiger partial charge >= 0.3 is 6.09 Å². The predicted octanol–water partition coefficient (Wildman–Crippen LogP) is 6.88.